The summed E-state index contributed by atoms with van der Waals surface area (Å²) in [6.07, 6.45) is 3.84. The van der Waals surface area contributed by atoms with Crippen molar-refractivity contribution < 1.29 is 19.0 Å². The van der Waals surface area contributed by atoms with Gasteiger partial charge in [0.25, 0.3) is 0 Å². The number of halogens is 1. The number of benzene rings is 1. The van der Waals surface area contributed by atoms with E-state index in [1.165, 1.54) is 13.2 Å². The molecule has 0 atom stereocenters. The van der Waals surface area contributed by atoms with Gasteiger partial charge in [0, 0.05) is 11.5 Å². The number of hydrogen-bond donors (Lipinski definition) is 0. The minimum Gasteiger partial charge on any atom is -0.491 e. The molecule has 134 valence electrons. The molecule has 2 rings (SSSR count). The highest BCUT2D eigenvalue weighted by Crippen LogP contribution is 2.36. The Hall–Kier alpha value is -2.05. The van der Waals surface area contributed by atoms with Gasteiger partial charge in [-0.25, -0.2) is 9.78 Å². The van der Waals surface area contributed by atoms with Crippen LogP contribution >= 0.6 is 22.9 Å². The number of rotatable bonds is 8. The number of aromatic nitrogens is 1. The van der Waals surface area contributed by atoms with Gasteiger partial charge in [-0.3, -0.25) is 0 Å². The number of esters is 1. The second-order valence-corrected chi connectivity index (χ2v) is 6.34. The maximum absolute atomic E-state index is 11.9. The maximum Gasteiger partial charge on any atom is 0.331 e. The Balaban J connectivity index is 2.01. The molecule has 25 heavy (non-hydrogen) atoms. The Morgan fingerprint density at radius 1 is 1.36 bits per heavy atom. The van der Waals surface area contributed by atoms with Crippen LogP contribution in [0.15, 0.2) is 23.6 Å². The monoisotopic (exact) mass is 381 g/mol. The molecule has 1 aromatic carbocycles. The molecule has 0 N–H and O–H groups in total. The first kappa shape index (κ1) is 19.3. The molecule has 7 heteroatoms. The van der Waals surface area contributed by atoms with Crippen molar-refractivity contribution in [2.45, 2.75) is 26.9 Å². The molecule has 0 aliphatic heterocycles. The first-order chi connectivity index (χ1) is 12.1. The third-order valence-corrected chi connectivity index (χ3v) is 4.53. The van der Waals surface area contributed by atoms with E-state index in [9.17, 15) is 4.79 Å². The van der Waals surface area contributed by atoms with E-state index in [0.717, 1.165) is 17.1 Å². The molecule has 0 saturated carbocycles. The fraction of sp³-hybridized carbons (Fsp3) is 0.333. The highest BCUT2D eigenvalue weighted by molar-refractivity contribution is 7.09. The van der Waals surface area contributed by atoms with E-state index in [-0.39, 0.29) is 6.61 Å². The summed E-state index contributed by atoms with van der Waals surface area (Å²) in [5.41, 5.74) is 1.47. The van der Waals surface area contributed by atoms with Crippen LogP contribution in [0.5, 0.6) is 11.5 Å². The van der Waals surface area contributed by atoms with Crippen LogP contribution in [0.1, 0.15) is 30.1 Å². The van der Waals surface area contributed by atoms with Crippen molar-refractivity contribution in [2.75, 3.05) is 13.7 Å². The Kier molecular flexibility index (Phi) is 7.28. The molecule has 0 aliphatic rings. The molecule has 5 nitrogen and oxygen atoms in total. The first-order valence-electron chi connectivity index (χ1n) is 7.85. The molecule has 0 bridgehead atoms. The van der Waals surface area contributed by atoms with Crippen molar-refractivity contribution in [3.05, 3.63) is 44.9 Å². The zero-order valence-electron chi connectivity index (χ0n) is 14.4. The molecular formula is C18H20ClNO4S. The van der Waals surface area contributed by atoms with E-state index in [2.05, 4.69) is 4.98 Å². The molecule has 2 aromatic rings. The summed E-state index contributed by atoms with van der Waals surface area (Å²) in [6, 6.07) is 3.45. The van der Waals surface area contributed by atoms with Crippen LogP contribution in [0, 0.1) is 0 Å². The van der Waals surface area contributed by atoms with E-state index < -0.39 is 5.97 Å². The van der Waals surface area contributed by atoms with Crippen molar-refractivity contribution in [3.63, 3.8) is 0 Å². The number of hydrogen-bond acceptors (Lipinski definition) is 6. The molecule has 0 radical (unpaired) electrons. The minimum atomic E-state index is -0.448. The topological polar surface area (TPSA) is 57.7 Å². The van der Waals surface area contributed by atoms with Crippen molar-refractivity contribution in [1.29, 1.82) is 0 Å². The van der Waals surface area contributed by atoms with Crippen LogP contribution in [0.4, 0.5) is 0 Å². The molecule has 0 saturated heterocycles. The second-order valence-electron chi connectivity index (χ2n) is 4.99. The number of carbonyl (C=O) groups excluding carboxylic acids is 1. The summed E-state index contributed by atoms with van der Waals surface area (Å²) in [5, 5.41) is 3.34. The predicted molar refractivity (Wildman–Crippen MR) is 99.5 cm³/mol. The molecular weight excluding hydrogens is 362 g/mol. The lowest BCUT2D eigenvalue weighted by Crippen LogP contribution is -2.01. The Bertz CT molecular complexity index is 758. The number of nitrogens with zero attached hydrogens (tertiary/aromatic N) is 1. The fourth-order valence-corrected chi connectivity index (χ4v) is 3.11. The summed E-state index contributed by atoms with van der Waals surface area (Å²) in [4.78, 5) is 16.2. The van der Waals surface area contributed by atoms with Gasteiger partial charge in [0.15, 0.2) is 11.5 Å². The van der Waals surface area contributed by atoms with E-state index in [1.807, 2.05) is 19.2 Å². The molecule has 0 aliphatic carbocycles. The third kappa shape index (κ3) is 5.47. The maximum atomic E-state index is 11.9. The summed E-state index contributed by atoms with van der Waals surface area (Å²) < 4.78 is 15.9. The molecule has 1 aromatic heterocycles. The van der Waals surface area contributed by atoms with Gasteiger partial charge in [0.2, 0.25) is 0 Å². The normalized spacial score (nSPS) is 10.9. The van der Waals surface area contributed by atoms with E-state index in [1.54, 1.807) is 29.5 Å². The van der Waals surface area contributed by atoms with Crippen LogP contribution in [-0.2, 0) is 22.6 Å². The highest BCUT2D eigenvalue weighted by atomic mass is 35.5. The van der Waals surface area contributed by atoms with E-state index >= 15 is 0 Å². The summed E-state index contributed by atoms with van der Waals surface area (Å²) in [7, 11) is 1.53. The summed E-state index contributed by atoms with van der Waals surface area (Å²) in [5.74, 6) is 0.550. The smallest absolute Gasteiger partial charge is 0.331 e. The average Bonchev–Trinajstić information content (AvgIpc) is 3.06. The number of methoxy groups -OCH3 is 1. The van der Waals surface area contributed by atoms with Crippen molar-refractivity contribution in [2.24, 2.45) is 0 Å². The predicted octanol–water partition coefficient (Wildman–Crippen LogP) is 4.52. The van der Waals surface area contributed by atoms with Gasteiger partial charge in [-0.1, -0.05) is 18.5 Å². The molecule has 1 heterocycles. The quantitative estimate of drug-likeness (QED) is 0.497. The lowest BCUT2D eigenvalue weighted by molar-refractivity contribution is -0.139. The zero-order chi connectivity index (χ0) is 18.2. The van der Waals surface area contributed by atoms with Crippen LogP contribution in [-0.4, -0.2) is 24.7 Å². The standard InChI is InChI=1S/C18H20ClNO4S/c1-4-16-20-13(11-25-16)10-24-17(21)7-6-12-8-14(19)18(22-3)15(9-12)23-5-2/h6-9,11H,4-5,10H2,1-3H3/b7-6+. The van der Waals surface area contributed by atoms with Crippen LogP contribution in [0.3, 0.4) is 0 Å². The first-order valence-corrected chi connectivity index (χ1v) is 9.11. The van der Waals surface area contributed by atoms with Gasteiger partial charge in [-0.05, 0) is 37.1 Å². The molecule has 0 unspecified atom stereocenters. The lowest BCUT2D eigenvalue weighted by atomic mass is 10.2. The van der Waals surface area contributed by atoms with Gasteiger partial charge in [-0.15, -0.1) is 11.3 Å². The summed E-state index contributed by atoms with van der Waals surface area (Å²) >= 11 is 7.74. The number of aryl methyl sites for hydroxylation is 1. The van der Waals surface area contributed by atoms with Crippen LogP contribution in [0.2, 0.25) is 5.02 Å². The Morgan fingerprint density at radius 3 is 2.80 bits per heavy atom. The number of ether oxygens (including phenoxy) is 3. The van der Waals surface area contributed by atoms with Crippen molar-refractivity contribution >= 4 is 35.0 Å². The molecule has 0 amide bonds. The highest BCUT2D eigenvalue weighted by Gasteiger charge is 2.11. The lowest BCUT2D eigenvalue weighted by Gasteiger charge is -2.11. The SMILES string of the molecule is CCOc1cc(/C=C/C(=O)OCc2csc(CC)n2)cc(Cl)c1OC. The van der Waals surface area contributed by atoms with E-state index in [4.69, 9.17) is 25.8 Å². The Labute approximate surface area is 156 Å². The van der Waals surface area contributed by atoms with Gasteiger partial charge in [-0.2, -0.15) is 0 Å². The molecule has 0 fully saturated rings. The van der Waals surface area contributed by atoms with Crippen LogP contribution < -0.4 is 9.47 Å². The second kappa shape index (κ2) is 9.44. The molecule has 0 spiro atoms. The van der Waals surface area contributed by atoms with E-state index in [0.29, 0.717) is 28.7 Å². The fourth-order valence-electron chi connectivity index (χ4n) is 2.08. The number of carbonyl (C=O) groups is 1. The minimum absolute atomic E-state index is 0.160. The van der Waals surface area contributed by atoms with Gasteiger partial charge in [0.05, 0.1) is 29.4 Å². The largest absolute Gasteiger partial charge is 0.491 e. The third-order valence-electron chi connectivity index (χ3n) is 3.21. The van der Waals surface area contributed by atoms with Gasteiger partial charge in [0.1, 0.15) is 6.61 Å². The van der Waals surface area contributed by atoms with Crippen molar-refractivity contribution in [1.82, 2.24) is 4.98 Å². The van der Waals surface area contributed by atoms with Crippen molar-refractivity contribution in [3.8, 4) is 11.5 Å². The van der Waals surface area contributed by atoms with Gasteiger partial charge >= 0.3 is 5.97 Å². The zero-order valence-corrected chi connectivity index (χ0v) is 15.9. The van der Waals surface area contributed by atoms with Crippen LogP contribution in [0.25, 0.3) is 6.08 Å². The van der Waals surface area contributed by atoms with Gasteiger partial charge < -0.3 is 14.2 Å². The number of thiazole rings is 1. The Morgan fingerprint density at radius 2 is 2.16 bits per heavy atom. The average molecular weight is 382 g/mol. The summed E-state index contributed by atoms with van der Waals surface area (Å²) in [6.45, 7) is 4.55.